The van der Waals surface area contributed by atoms with Crippen molar-refractivity contribution in [3.63, 3.8) is 0 Å². The highest BCUT2D eigenvalue weighted by Gasteiger charge is 2.24. The van der Waals surface area contributed by atoms with E-state index in [2.05, 4.69) is 27.2 Å². The predicted molar refractivity (Wildman–Crippen MR) is 71.3 cm³/mol. The van der Waals surface area contributed by atoms with E-state index in [1.165, 1.54) is 31.4 Å². The fraction of sp³-hybridized carbons (Fsp3) is 0.615. The lowest BCUT2D eigenvalue weighted by Crippen LogP contribution is -2.24. The van der Waals surface area contributed by atoms with Crippen molar-refractivity contribution in [1.82, 2.24) is 9.38 Å². The van der Waals surface area contributed by atoms with E-state index in [0.29, 0.717) is 5.92 Å². The first kappa shape index (κ1) is 11.2. The van der Waals surface area contributed by atoms with Crippen molar-refractivity contribution in [3.8, 4) is 0 Å². The summed E-state index contributed by atoms with van der Waals surface area (Å²) >= 11 is 1.70. The highest BCUT2D eigenvalue weighted by atomic mass is 32.1. The third-order valence-electron chi connectivity index (χ3n) is 3.98. The van der Waals surface area contributed by atoms with E-state index in [1.54, 1.807) is 11.3 Å². The van der Waals surface area contributed by atoms with Gasteiger partial charge >= 0.3 is 0 Å². The summed E-state index contributed by atoms with van der Waals surface area (Å²) in [5.41, 5.74) is 7.15. The highest BCUT2D eigenvalue weighted by molar-refractivity contribution is 7.15. The molecule has 0 spiro atoms. The van der Waals surface area contributed by atoms with E-state index in [-0.39, 0.29) is 0 Å². The number of hydrogen-bond donors (Lipinski definition) is 1. The zero-order valence-corrected chi connectivity index (χ0v) is 10.8. The summed E-state index contributed by atoms with van der Waals surface area (Å²) in [5.74, 6) is 1.46. The van der Waals surface area contributed by atoms with Gasteiger partial charge in [0.25, 0.3) is 0 Å². The minimum absolute atomic E-state index is 0.627. The second-order valence-electron chi connectivity index (χ2n) is 5.07. The number of thiazole rings is 1. The van der Waals surface area contributed by atoms with Gasteiger partial charge in [0, 0.05) is 17.8 Å². The lowest BCUT2D eigenvalue weighted by atomic mass is 9.87. The van der Waals surface area contributed by atoms with Crippen LogP contribution < -0.4 is 5.73 Å². The van der Waals surface area contributed by atoms with Gasteiger partial charge in [-0.1, -0.05) is 25.7 Å². The first-order valence-corrected chi connectivity index (χ1v) is 7.36. The van der Waals surface area contributed by atoms with Gasteiger partial charge in [-0.05, 0) is 24.8 Å². The maximum absolute atomic E-state index is 5.94. The van der Waals surface area contributed by atoms with Crippen molar-refractivity contribution in [3.05, 3.63) is 23.5 Å². The molecule has 3 rings (SSSR count). The number of nitrogens with zero attached hydrogens (tertiary/aromatic N) is 2. The summed E-state index contributed by atoms with van der Waals surface area (Å²) in [4.78, 5) is 5.76. The maximum Gasteiger partial charge on any atom is 0.193 e. The number of aromatic nitrogens is 2. The molecule has 0 radical (unpaired) electrons. The molecule has 0 aromatic carbocycles. The number of fused-ring (bicyclic) bond motifs is 1. The number of nitrogens with two attached hydrogens (primary N) is 1. The SMILES string of the molecule is NCC(Cc1cn2ccsc2n1)C1CCCC1. The molecule has 2 N–H and O–H groups in total. The Balaban J connectivity index is 1.73. The molecule has 1 saturated carbocycles. The van der Waals surface area contributed by atoms with E-state index in [1.807, 2.05) is 0 Å². The van der Waals surface area contributed by atoms with E-state index in [9.17, 15) is 0 Å². The summed E-state index contributed by atoms with van der Waals surface area (Å²) in [6, 6.07) is 0. The second kappa shape index (κ2) is 4.78. The summed E-state index contributed by atoms with van der Waals surface area (Å²) < 4.78 is 2.11. The van der Waals surface area contributed by atoms with Crippen LogP contribution in [0.25, 0.3) is 4.96 Å². The second-order valence-corrected chi connectivity index (χ2v) is 5.94. The lowest BCUT2D eigenvalue weighted by molar-refractivity contribution is 0.342. The molecular formula is C13H19N3S. The van der Waals surface area contributed by atoms with Crippen LogP contribution in [0.4, 0.5) is 0 Å². The van der Waals surface area contributed by atoms with Crippen molar-refractivity contribution in [1.29, 1.82) is 0 Å². The molecule has 3 nitrogen and oxygen atoms in total. The Morgan fingerprint density at radius 1 is 1.47 bits per heavy atom. The number of imidazole rings is 1. The van der Waals surface area contributed by atoms with Crippen LogP contribution in [0.1, 0.15) is 31.4 Å². The molecule has 17 heavy (non-hydrogen) atoms. The molecule has 1 atom stereocenters. The van der Waals surface area contributed by atoms with Gasteiger partial charge in [-0.2, -0.15) is 0 Å². The molecule has 2 aromatic rings. The summed E-state index contributed by atoms with van der Waals surface area (Å²) in [6.07, 6.45) is 10.8. The highest BCUT2D eigenvalue weighted by Crippen LogP contribution is 2.32. The van der Waals surface area contributed by atoms with E-state index in [4.69, 9.17) is 5.73 Å². The Labute approximate surface area is 106 Å². The largest absolute Gasteiger partial charge is 0.330 e. The normalized spacial score (nSPS) is 19.1. The average molecular weight is 249 g/mol. The van der Waals surface area contributed by atoms with Crippen LogP contribution in [0.2, 0.25) is 0 Å². The van der Waals surface area contributed by atoms with Gasteiger partial charge in [0.1, 0.15) is 0 Å². The molecular weight excluding hydrogens is 230 g/mol. The van der Waals surface area contributed by atoms with Gasteiger partial charge < -0.3 is 5.73 Å². The molecule has 1 aliphatic carbocycles. The summed E-state index contributed by atoms with van der Waals surface area (Å²) in [6.45, 7) is 0.801. The minimum atomic E-state index is 0.627. The van der Waals surface area contributed by atoms with Gasteiger partial charge in [-0.3, -0.25) is 4.40 Å². The number of hydrogen-bond acceptors (Lipinski definition) is 3. The van der Waals surface area contributed by atoms with Gasteiger partial charge in [0.15, 0.2) is 4.96 Å². The predicted octanol–water partition coefficient (Wildman–Crippen LogP) is 2.70. The van der Waals surface area contributed by atoms with Gasteiger partial charge in [-0.25, -0.2) is 4.98 Å². The van der Waals surface area contributed by atoms with Crippen molar-refractivity contribution in [2.75, 3.05) is 6.54 Å². The van der Waals surface area contributed by atoms with Crippen LogP contribution in [0.15, 0.2) is 17.8 Å². The lowest BCUT2D eigenvalue weighted by Gasteiger charge is -2.20. The average Bonchev–Trinajstić information content (AvgIpc) is 3.01. The Bertz CT molecular complexity index is 453. The first-order chi connectivity index (χ1) is 8.36. The monoisotopic (exact) mass is 249 g/mol. The van der Waals surface area contributed by atoms with Crippen LogP contribution >= 0.6 is 11.3 Å². The smallest absolute Gasteiger partial charge is 0.193 e. The molecule has 92 valence electrons. The Hall–Kier alpha value is -0.870. The van der Waals surface area contributed by atoms with Crippen molar-refractivity contribution in [2.45, 2.75) is 32.1 Å². The first-order valence-electron chi connectivity index (χ1n) is 6.48. The summed E-state index contributed by atoms with van der Waals surface area (Å²) in [7, 11) is 0. The third kappa shape index (κ3) is 2.24. The van der Waals surface area contributed by atoms with Crippen molar-refractivity contribution >= 4 is 16.3 Å². The third-order valence-corrected chi connectivity index (χ3v) is 4.75. The van der Waals surface area contributed by atoms with Crippen LogP contribution in [-0.2, 0) is 6.42 Å². The topological polar surface area (TPSA) is 43.3 Å². The minimum Gasteiger partial charge on any atom is -0.330 e. The van der Waals surface area contributed by atoms with E-state index >= 15 is 0 Å². The molecule has 0 aliphatic heterocycles. The molecule has 2 heterocycles. The Morgan fingerprint density at radius 2 is 2.29 bits per heavy atom. The molecule has 0 bridgehead atoms. The summed E-state index contributed by atoms with van der Waals surface area (Å²) in [5, 5.41) is 2.07. The molecule has 1 fully saturated rings. The van der Waals surface area contributed by atoms with E-state index in [0.717, 1.165) is 23.8 Å². The molecule has 0 saturated heterocycles. The molecule has 1 aliphatic rings. The zero-order chi connectivity index (χ0) is 11.7. The van der Waals surface area contributed by atoms with Crippen LogP contribution in [0, 0.1) is 11.8 Å². The standard InChI is InChI=1S/C13H19N3S/c14-8-11(10-3-1-2-4-10)7-12-9-16-5-6-17-13(16)15-12/h5-6,9-11H,1-4,7-8,14H2. The Kier molecular flexibility index (Phi) is 3.16. The van der Waals surface area contributed by atoms with Crippen LogP contribution in [-0.4, -0.2) is 15.9 Å². The van der Waals surface area contributed by atoms with E-state index < -0.39 is 0 Å². The fourth-order valence-corrected chi connectivity index (χ4v) is 3.73. The van der Waals surface area contributed by atoms with Gasteiger partial charge in [0.05, 0.1) is 5.69 Å². The fourth-order valence-electron chi connectivity index (χ4n) is 3.01. The maximum atomic E-state index is 5.94. The molecule has 4 heteroatoms. The molecule has 2 aromatic heterocycles. The van der Waals surface area contributed by atoms with Crippen LogP contribution in [0.3, 0.4) is 0 Å². The van der Waals surface area contributed by atoms with Crippen LogP contribution in [0.5, 0.6) is 0 Å². The van der Waals surface area contributed by atoms with Gasteiger partial charge in [-0.15, -0.1) is 11.3 Å². The quantitative estimate of drug-likeness (QED) is 0.905. The zero-order valence-electron chi connectivity index (χ0n) is 10.0. The van der Waals surface area contributed by atoms with Crippen molar-refractivity contribution in [2.24, 2.45) is 17.6 Å². The molecule has 1 unspecified atom stereocenters. The Morgan fingerprint density at radius 3 is 3.00 bits per heavy atom. The van der Waals surface area contributed by atoms with Gasteiger partial charge in [0.2, 0.25) is 0 Å². The number of rotatable bonds is 4. The van der Waals surface area contributed by atoms with Crippen molar-refractivity contribution < 1.29 is 0 Å². The molecule has 0 amide bonds.